The maximum atomic E-state index is 12.2. The van der Waals surface area contributed by atoms with Crippen LogP contribution in [0.1, 0.15) is 24.5 Å². The van der Waals surface area contributed by atoms with Crippen LogP contribution in [-0.4, -0.2) is 57.0 Å². The van der Waals surface area contributed by atoms with Crippen molar-refractivity contribution in [2.75, 3.05) is 40.0 Å². The topological polar surface area (TPSA) is 46.1 Å². The molecule has 8 heteroatoms. The van der Waals surface area contributed by atoms with Crippen molar-refractivity contribution in [1.29, 1.82) is 0 Å². The number of alkyl halides is 3. The Kier molecular flexibility index (Phi) is 8.37. The van der Waals surface area contributed by atoms with Crippen molar-refractivity contribution in [2.24, 2.45) is 10.9 Å². The van der Waals surface area contributed by atoms with Crippen LogP contribution < -0.4 is 5.32 Å². The number of hydrogen-bond acceptors (Lipinski definition) is 3. The molecule has 0 radical (unpaired) electrons. The predicted octanol–water partition coefficient (Wildman–Crippen LogP) is 3.20. The van der Waals surface area contributed by atoms with E-state index in [1.54, 1.807) is 6.07 Å². The summed E-state index contributed by atoms with van der Waals surface area (Å²) in [6.07, 6.45) is -3.25. The van der Waals surface area contributed by atoms with Crippen LogP contribution in [0.15, 0.2) is 29.3 Å². The second kappa shape index (κ2) is 10.5. The van der Waals surface area contributed by atoms with Gasteiger partial charge in [0.05, 0.1) is 19.8 Å². The van der Waals surface area contributed by atoms with E-state index in [1.807, 2.05) is 32.2 Å². The molecule has 1 aromatic carbocycles. The summed E-state index contributed by atoms with van der Waals surface area (Å²) >= 11 is 0. The first-order valence-corrected chi connectivity index (χ1v) is 9.17. The van der Waals surface area contributed by atoms with Crippen LogP contribution >= 0.6 is 0 Å². The number of hydrogen-bond donors (Lipinski definition) is 1. The standard InChI is InChI=1S/C19H28F3N3O2/c1-3-23-18(25(2)11-17-7-8-26-13-17)24-10-15-5-4-6-16(9-15)12-27-14-19(20,21)22/h4-6,9,17H,3,7-8,10-14H2,1-2H3,(H,23,24). The van der Waals surface area contributed by atoms with Crippen molar-refractivity contribution in [3.8, 4) is 0 Å². The molecule has 1 unspecified atom stereocenters. The van der Waals surface area contributed by atoms with E-state index in [9.17, 15) is 13.2 Å². The number of rotatable bonds is 8. The molecule has 0 saturated carbocycles. The average Bonchev–Trinajstić information content (AvgIpc) is 3.10. The molecule has 1 atom stereocenters. The molecular weight excluding hydrogens is 359 g/mol. The van der Waals surface area contributed by atoms with Gasteiger partial charge in [-0.3, -0.25) is 0 Å². The lowest BCUT2D eigenvalue weighted by Crippen LogP contribution is -2.41. The summed E-state index contributed by atoms with van der Waals surface area (Å²) in [4.78, 5) is 6.75. The summed E-state index contributed by atoms with van der Waals surface area (Å²) in [5, 5.41) is 3.28. The van der Waals surface area contributed by atoms with E-state index in [4.69, 9.17) is 9.47 Å². The Morgan fingerprint density at radius 3 is 2.81 bits per heavy atom. The Morgan fingerprint density at radius 1 is 1.37 bits per heavy atom. The number of nitrogens with one attached hydrogen (secondary N) is 1. The third-order valence-electron chi connectivity index (χ3n) is 4.19. The van der Waals surface area contributed by atoms with E-state index in [0.29, 0.717) is 18.0 Å². The fraction of sp³-hybridized carbons (Fsp3) is 0.632. The highest BCUT2D eigenvalue weighted by Crippen LogP contribution is 2.16. The lowest BCUT2D eigenvalue weighted by molar-refractivity contribution is -0.176. The van der Waals surface area contributed by atoms with Gasteiger partial charge in [0.15, 0.2) is 5.96 Å². The summed E-state index contributed by atoms with van der Waals surface area (Å²) in [5.74, 6) is 1.32. The van der Waals surface area contributed by atoms with E-state index >= 15 is 0 Å². The highest BCUT2D eigenvalue weighted by molar-refractivity contribution is 5.79. The first-order valence-electron chi connectivity index (χ1n) is 9.17. The molecule has 0 bridgehead atoms. The minimum atomic E-state index is -4.31. The average molecular weight is 387 g/mol. The van der Waals surface area contributed by atoms with E-state index < -0.39 is 12.8 Å². The molecule has 1 aliphatic rings. The molecule has 1 aliphatic heterocycles. The third-order valence-corrected chi connectivity index (χ3v) is 4.19. The molecule has 0 amide bonds. The lowest BCUT2D eigenvalue weighted by atomic mass is 10.1. The minimum Gasteiger partial charge on any atom is -0.381 e. The zero-order valence-corrected chi connectivity index (χ0v) is 15.9. The van der Waals surface area contributed by atoms with Crippen molar-refractivity contribution < 1.29 is 22.6 Å². The molecule has 2 rings (SSSR count). The van der Waals surface area contributed by atoms with E-state index in [0.717, 1.165) is 44.2 Å². The summed E-state index contributed by atoms with van der Waals surface area (Å²) in [7, 11) is 2.00. The van der Waals surface area contributed by atoms with Crippen LogP contribution in [0.5, 0.6) is 0 Å². The molecule has 1 heterocycles. The molecule has 27 heavy (non-hydrogen) atoms. The minimum absolute atomic E-state index is 0.0707. The van der Waals surface area contributed by atoms with Gasteiger partial charge < -0.3 is 19.7 Å². The predicted molar refractivity (Wildman–Crippen MR) is 98.5 cm³/mol. The van der Waals surface area contributed by atoms with Crippen molar-refractivity contribution in [2.45, 2.75) is 32.7 Å². The molecule has 5 nitrogen and oxygen atoms in total. The van der Waals surface area contributed by atoms with Crippen molar-refractivity contribution in [3.63, 3.8) is 0 Å². The molecule has 1 N–H and O–H groups in total. The van der Waals surface area contributed by atoms with E-state index in [-0.39, 0.29) is 6.61 Å². The van der Waals surface area contributed by atoms with Crippen molar-refractivity contribution in [1.82, 2.24) is 10.2 Å². The Bertz CT molecular complexity index is 602. The van der Waals surface area contributed by atoms with Gasteiger partial charge in [-0.2, -0.15) is 13.2 Å². The van der Waals surface area contributed by atoms with Gasteiger partial charge in [0.25, 0.3) is 0 Å². The second-order valence-electron chi connectivity index (χ2n) is 6.71. The van der Waals surface area contributed by atoms with Gasteiger partial charge in [-0.25, -0.2) is 4.99 Å². The molecular formula is C19H28F3N3O2. The quantitative estimate of drug-likeness (QED) is 0.550. The van der Waals surface area contributed by atoms with Crippen LogP contribution in [0.4, 0.5) is 13.2 Å². The van der Waals surface area contributed by atoms with Gasteiger partial charge in [-0.05, 0) is 24.5 Å². The Labute approximate surface area is 158 Å². The van der Waals surface area contributed by atoms with Crippen LogP contribution in [0, 0.1) is 5.92 Å². The SMILES string of the molecule is CCNC(=NCc1cccc(COCC(F)(F)F)c1)N(C)CC1CCOC1. The Balaban J connectivity index is 1.92. The molecule has 152 valence electrons. The first kappa shape index (κ1) is 21.5. The van der Waals surface area contributed by atoms with E-state index in [1.165, 1.54) is 0 Å². The number of halogens is 3. The Morgan fingerprint density at radius 2 is 2.15 bits per heavy atom. The Hall–Kier alpha value is -1.80. The van der Waals surface area contributed by atoms with Crippen LogP contribution in [-0.2, 0) is 22.6 Å². The maximum Gasteiger partial charge on any atom is 0.411 e. The zero-order valence-electron chi connectivity index (χ0n) is 15.9. The number of ether oxygens (including phenoxy) is 2. The summed E-state index contributed by atoms with van der Waals surface area (Å²) < 4.78 is 46.7. The number of benzene rings is 1. The summed E-state index contributed by atoms with van der Waals surface area (Å²) in [5.41, 5.74) is 1.63. The van der Waals surface area contributed by atoms with Gasteiger partial charge >= 0.3 is 6.18 Å². The van der Waals surface area contributed by atoms with Crippen LogP contribution in [0.25, 0.3) is 0 Å². The third kappa shape index (κ3) is 8.17. The zero-order chi connectivity index (χ0) is 19.7. The normalized spacial score (nSPS) is 18.0. The first-order chi connectivity index (χ1) is 12.9. The van der Waals surface area contributed by atoms with Crippen molar-refractivity contribution >= 4 is 5.96 Å². The monoisotopic (exact) mass is 387 g/mol. The van der Waals surface area contributed by atoms with Gasteiger partial charge in [0.2, 0.25) is 0 Å². The smallest absolute Gasteiger partial charge is 0.381 e. The molecule has 1 saturated heterocycles. The molecule has 1 fully saturated rings. The lowest BCUT2D eigenvalue weighted by Gasteiger charge is -2.24. The summed E-state index contributed by atoms with van der Waals surface area (Å²) in [6, 6.07) is 7.30. The van der Waals surface area contributed by atoms with Crippen LogP contribution in [0.3, 0.4) is 0 Å². The second-order valence-corrected chi connectivity index (χ2v) is 6.71. The molecule has 1 aromatic rings. The van der Waals surface area contributed by atoms with Crippen LogP contribution in [0.2, 0.25) is 0 Å². The fourth-order valence-corrected chi connectivity index (χ4v) is 2.94. The molecule has 0 aromatic heterocycles. The van der Waals surface area contributed by atoms with Gasteiger partial charge in [-0.15, -0.1) is 0 Å². The van der Waals surface area contributed by atoms with Crippen molar-refractivity contribution in [3.05, 3.63) is 35.4 Å². The van der Waals surface area contributed by atoms with Gasteiger partial charge in [-0.1, -0.05) is 24.3 Å². The molecule has 0 spiro atoms. The fourth-order valence-electron chi connectivity index (χ4n) is 2.94. The number of guanidine groups is 1. The van der Waals surface area contributed by atoms with E-state index in [2.05, 4.69) is 15.2 Å². The number of aliphatic imine (C=N–C) groups is 1. The maximum absolute atomic E-state index is 12.2. The number of nitrogens with zero attached hydrogens (tertiary/aromatic N) is 2. The molecule has 0 aliphatic carbocycles. The summed E-state index contributed by atoms with van der Waals surface area (Å²) in [6.45, 7) is 4.38. The van der Waals surface area contributed by atoms with Gasteiger partial charge in [0, 0.05) is 32.7 Å². The van der Waals surface area contributed by atoms with Gasteiger partial charge in [0.1, 0.15) is 6.61 Å². The highest BCUT2D eigenvalue weighted by atomic mass is 19.4. The highest BCUT2D eigenvalue weighted by Gasteiger charge is 2.27. The largest absolute Gasteiger partial charge is 0.411 e.